The van der Waals surface area contributed by atoms with Gasteiger partial charge in [-0.3, -0.25) is 4.79 Å². The van der Waals surface area contributed by atoms with Gasteiger partial charge in [0.25, 0.3) is 0 Å². The number of esters is 1. The van der Waals surface area contributed by atoms with Crippen LogP contribution in [-0.2, 0) is 16.1 Å². The fraction of sp³-hybridized carbons (Fsp3) is 0.444. The number of aromatic nitrogens is 2. The molecule has 0 spiro atoms. The Morgan fingerprint density at radius 2 is 2.27 bits per heavy atom. The molecule has 1 rings (SSSR count). The molecule has 0 saturated carbocycles. The summed E-state index contributed by atoms with van der Waals surface area (Å²) < 4.78 is 4.47. The second kappa shape index (κ2) is 6.31. The molecule has 1 unspecified atom stereocenters. The zero-order chi connectivity index (χ0) is 11.1. The lowest BCUT2D eigenvalue weighted by molar-refractivity contribution is -0.140. The molecule has 0 fully saturated rings. The normalized spacial score (nSPS) is 12.1. The monoisotopic (exact) mass is 229 g/mol. The molecule has 0 aliphatic carbocycles. The van der Waals surface area contributed by atoms with E-state index in [-0.39, 0.29) is 0 Å². The summed E-state index contributed by atoms with van der Waals surface area (Å²) in [5.74, 6) is 0.212. The molecule has 0 aromatic carbocycles. The van der Waals surface area contributed by atoms with Crippen molar-refractivity contribution < 1.29 is 9.53 Å². The lowest BCUT2D eigenvalue weighted by Gasteiger charge is -2.07. The van der Waals surface area contributed by atoms with Gasteiger partial charge in [0.1, 0.15) is 11.2 Å². The van der Waals surface area contributed by atoms with Crippen molar-refractivity contribution in [3.05, 3.63) is 24.3 Å². The van der Waals surface area contributed by atoms with Crippen molar-refractivity contribution in [1.29, 1.82) is 0 Å². The largest absolute Gasteiger partial charge is 0.468 e. The minimum absolute atomic E-state index is 0.326. The van der Waals surface area contributed by atoms with Crippen LogP contribution in [0.1, 0.15) is 5.82 Å². The molecule has 5 nitrogen and oxygen atoms in total. The van der Waals surface area contributed by atoms with E-state index in [1.54, 1.807) is 18.5 Å². The molecule has 0 bridgehead atoms. The highest BCUT2D eigenvalue weighted by molar-refractivity contribution is 6.30. The van der Waals surface area contributed by atoms with E-state index in [4.69, 9.17) is 11.6 Å². The van der Waals surface area contributed by atoms with Crippen molar-refractivity contribution in [2.45, 2.75) is 11.9 Å². The maximum absolute atomic E-state index is 10.9. The van der Waals surface area contributed by atoms with Gasteiger partial charge in [-0.05, 0) is 6.07 Å². The number of nitrogens with one attached hydrogen (secondary N) is 1. The first-order chi connectivity index (χ1) is 7.24. The van der Waals surface area contributed by atoms with Crippen LogP contribution in [-0.4, -0.2) is 35.0 Å². The number of alkyl halides is 1. The fourth-order valence-electron chi connectivity index (χ4n) is 0.943. The molecule has 0 amide bonds. The first-order valence-electron chi connectivity index (χ1n) is 4.42. The number of nitrogens with zero attached hydrogens (tertiary/aromatic N) is 2. The minimum Gasteiger partial charge on any atom is -0.468 e. The first-order valence-corrected chi connectivity index (χ1v) is 4.86. The SMILES string of the molecule is COC(=O)C(Cl)CNCc1ncccn1. The molecule has 0 aliphatic heterocycles. The van der Waals surface area contributed by atoms with Gasteiger partial charge in [-0.15, -0.1) is 11.6 Å². The van der Waals surface area contributed by atoms with Gasteiger partial charge in [0.2, 0.25) is 0 Å². The van der Waals surface area contributed by atoms with Crippen molar-refractivity contribution in [2.75, 3.05) is 13.7 Å². The van der Waals surface area contributed by atoms with Gasteiger partial charge >= 0.3 is 5.97 Å². The second-order valence-corrected chi connectivity index (χ2v) is 3.31. The Bertz CT molecular complexity index is 307. The Balaban J connectivity index is 2.25. The number of carbonyl (C=O) groups is 1. The van der Waals surface area contributed by atoms with Crippen molar-refractivity contribution in [2.24, 2.45) is 0 Å². The second-order valence-electron chi connectivity index (χ2n) is 2.79. The number of carbonyl (C=O) groups excluding carboxylic acids is 1. The molecule has 0 aliphatic rings. The summed E-state index contributed by atoms with van der Waals surface area (Å²) in [5, 5.41) is 2.28. The number of ether oxygens (including phenoxy) is 1. The summed E-state index contributed by atoms with van der Waals surface area (Å²) in [6.07, 6.45) is 3.31. The zero-order valence-corrected chi connectivity index (χ0v) is 9.07. The van der Waals surface area contributed by atoms with Crippen LogP contribution in [0.4, 0.5) is 0 Å². The van der Waals surface area contributed by atoms with Crippen LogP contribution in [0.2, 0.25) is 0 Å². The molecule has 1 aromatic rings. The van der Waals surface area contributed by atoms with E-state index in [1.807, 2.05) is 0 Å². The van der Waals surface area contributed by atoms with Gasteiger partial charge in [-0.1, -0.05) is 0 Å². The van der Waals surface area contributed by atoms with E-state index in [0.717, 1.165) is 0 Å². The van der Waals surface area contributed by atoms with Crippen LogP contribution in [0.25, 0.3) is 0 Å². The summed E-state index contributed by atoms with van der Waals surface area (Å²) in [4.78, 5) is 18.9. The molecule has 1 N–H and O–H groups in total. The standard InChI is InChI=1S/C9H12ClN3O2/c1-15-9(14)7(10)5-11-6-8-12-3-2-4-13-8/h2-4,7,11H,5-6H2,1H3. The summed E-state index contributed by atoms with van der Waals surface area (Å²) >= 11 is 5.72. The zero-order valence-electron chi connectivity index (χ0n) is 8.31. The highest BCUT2D eigenvalue weighted by atomic mass is 35.5. The van der Waals surface area contributed by atoms with Gasteiger partial charge in [-0.25, -0.2) is 9.97 Å². The van der Waals surface area contributed by atoms with Crippen LogP contribution in [0, 0.1) is 0 Å². The Hall–Kier alpha value is -1.20. The van der Waals surface area contributed by atoms with E-state index in [9.17, 15) is 4.79 Å². The Morgan fingerprint density at radius 3 is 2.87 bits per heavy atom. The Morgan fingerprint density at radius 1 is 1.60 bits per heavy atom. The molecule has 82 valence electrons. The maximum atomic E-state index is 10.9. The fourth-order valence-corrected chi connectivity index (χ4v) is 1.14. The molecule has 0 radical (unpaired) electrons. The van der Waals surface area contributed by atoms with Gasteiger partial charge in [0.15, 0.2) is 0 Å². The van der Waals surface area contributed by atoms with Gasteiger partial charge in [0.05, 0.1) is 13.7 Å². The maximum Gasteiger partial charge on any atom is 0.325 e. The number of hydrogen-bond acceptors (Lipinski definition) is 5. The van der Waals surface area contributed by atoms with E-state index < -0.39 is 11.3 Å². The average molecular weight is 230 g/mol. The number of hydrogen-bond donors (Lipinski definition) is 1. The molecule has 6 heteroatoms. The molecular weight excluding hydrogens is 218 g/mol. The highest BCUT2D eigenvalue weighted by Gasteiger charge is 2.14. The number of halogens is 1. The van der Waals surface area contributed by atoms with Crippen molar-refractivity contribution in [1.82, 2.24) is 15.3 Å². The molecular formula is C9H12ClN3O2. The first kappa shape index (κ1) is 11.9. The predicted octanol–water partition coefficient (Wildman–Crippen LogP) is 0.347. The third kappa shape index (κ3) is 4.22. The third-order valence-corrected chi connectivity index (χ3v) is 2.02. The van der Waals surface area contributed by atoms with E-state index in [0.29, 0.717) is 18.9 Å². The highest BCUT2D eigenvalue weighted by Crippen LogP contribution is 1.96. The summed E-state index contributed by atoms with van der Waals surface area (Å²) in [6.45, 7) is 0.799. The van der Waals surface area contributed by atoms with Crippen molar-refractivity contribution >= 4 is 17.6 Å². The van der Waals surface area contributed by atoms with Crippen LogP contribution in [0.5, 0.6) is 0 Å². The predicted molar refractivity (Wildman–Crippen MR) is 55.4 cm³/mol. The minimum atomic E-state index is -0.682. The Kier molecular flexibility index (Phi) is 5.00. The van der Waals surface area contributed by atoms with Crippen LogP contribution in [0.15, 0.2) is 18.5 Å². The van der Waals surface area contributed by atoms with Gasteiger partial charge < -0.3 is 10.1 Å². The smallest absolute Gasteiger partial charge is 0.325 e. The summed E-state index contributed by atoms with van der Waals surface area (Å²) in [7, 11) is 1.30. The van der Waals surface area contributed by atoms with Crippen LogP contribution in [0.3, 0.4) is 0 Å². The van der Waals surface area contributed by atoms with Gasteiger partial charge in [-0.2, -0.15) is 0 Å². The lowest BCUT2D eigenvalue weighted by Crippen LogP contribution is -2.30. The van der Waals surface area contributed by atoms with E-state index in [1.165, 1.54) is 7.11 Å². The number of methoxy groups -OCH3 is 1. The number of rotatable bonds is 5. The quantitative estimate of drug-likeness (QED) is 0.583. The van der Waals surface area contributed by atoms with Gasteiger partial charge in [0, 0.05) is 18.9 Å². The van der Waals surface area contributed by atoms with Crippen molar-refractivity contribution in [3.63, 3.8) is 0 Å². The third-order valence-electron chi connectivity index (χ3n) is 1.68. The molecule has 1 heterocycles. The van der Waals surface area contributed by atoms with Crippen molar-refractivity contribution in [3.8, 4) is 0 Å². The van der Waals surface area contributed by atoms with E-state index >= 15 is 0 Å². The van der Waals surface area contributed by atoms with E-state index in [2.05, 4.69) is 20.0 Å². The Labute approximate surface area is 92.8 Å². The van der Waals surface area contributed by atoms with Crippen LogP contribution >= 0.6 is 11.6 Å². The summed E-state index contributed by atoms with van der Waals surface area (Å²) in [5.41, 5.74) is 0. The summed E-state index contributed by atoms with van der Waals surface area (Å²) in [6, 6.07) is 1.74. The molecule has 1 aromatic heterocycles. The average Bonchev–Trinajstić information content (AvgIpc) is 2.29. The van der Waals surface area contributed by atoms with Crippen LogP contribution < -0.4 is 5.32 Å². The molecule has 0 saturated heterocycles. The molecule has 1 atom stereocenters. The molecule has 15 heavy (non-hydrogen) atoms. The lowest BCUT2D eigenvalue weighted by atomic mass is 10.4. The topological polar surface area (TPSA) is 64.1 Å².